The summed E-state index contributed by atoms with van der Waals surface area (Å²) in [6.45, 7) is 8.57. The second-order valence-corrected chi connectivity index (χ2v) is 18.9. The summed E-state index contributed by atoms with van der Waals surface area (Å²) >= 11 is 0. The molecule has 19 heteroatoms. The highest BCUT2D eigenvalue weighted by molar-refractivity contribution is 6.25. The molecule has 19 nitrogen and oxygen atoms in total. The summed E-state index contributed by atoms with van der Waals surface area (Å²) in [4.78, 5) is 84.7. The molecule has 3 aliphatic heterocycles. The second kappa shape index (κ2) is 37.2. The molecule has 3 heterocycles. The smallest absolute Gasteiger partial charge is 0.290 e. The number of fused-ring (bicyclic) bond motifs is 1. The summed E-state index contributed by atoms with van der Waals surface area (Å²) in [7, 11) is 10.1. The molecule has 0 radical (unpaired) electrons. The number of hydrogen-bond acceptors (Lipinski definition) is 15. The van der Waals surface area contributed by atoms with Crippen LogP contribution in [0, 0.1) is 0 Å². The van der Waals surface area contributed by atoms with Crippen LogP contribution in [0.5, 0.6) is 34.5 Å². The summed E-state index contributed by atoms with van der Waals surface area (Å²) in [5.41, 5.74) is 4.28. The number of nitrogens with one attached hydrogen (secondary N) is 3. The van der Waals surface area contributed by atoms with E-state index in [0.717, 1.165) is 97.6 Å². The van der Waals surface area contributed by atoms with Crippen molar-refractivity contribution in [2.75, 3.05) is 74.2 Å². The van der Waals surface area contributed by atoms with Crippen LogP contribution in [0.2, 0.25) is 0 Å². The molecule has 0 spiro atoms. The van der Waals surface area contributed by atoms with Crippen LogP contribution >= 0.6 is 0 Å². The van der Waals surface area contributed by atoms with Gasteiger partial charge in [-0.3, -0.25) is 39.0 Å². The number of carboxylic acid groups (broad SMARTS) is 1. The maximum absolute atomic E-state index is 13.2. The molecule has 2 fully saturated rings. The Bertz CT molecular complexity index is 2560. The predicted molar refractivity (Wildman–Crippen MR) is 308 cm³/mol. The second-order valence-electron chi connectivity index (χ2n) is 18.9. The topological polar surface area (TPSA) is 238 Å². The molecule has 0 aromatic heterocycles. The fourth-order valence-corrected chi connectivity index (χ4v) is 9.18. The zero-order valence-corrected chi connectivity index (χ0v) is 48.3. The van der Waals surface area contributed by atoms with E-state index in [9.17, 15) is 28.8 Å². The molecular formula is C61H85N5O14. The predicted octanol–water partition coefficient (Wildman–Crippen LogP) is 8.90. The van der Waals surface area contributed by atoms with Crippen LogP contribution in [-0.4, -0.2) is 138 Å². The average Bonchev–Trinajstić information content (AvgIpc) is 3.72. The Labute approximate surface area is 472 Å². The van der Waals surface area contributed by atoms with Gasteiger partial charge in [0.1, 0.15) is 18.1 Å². The summed E-state index contributed by atoms with van der Waals surface area (Å²) in [6.07, 6.45) is 14.2. The fraction of sp³-hybridized carbons (Fsp3) is 0.492. The van der Waals surface area contributed by atoms with Gasteiger partial charge < -0.3 is 53.9 Å². The minimum Gasteiger partial charge on any atom is -0.493 e. The molecule has 0 bridgehead atoms. The highest BCUT2D eigenvalue weighted by atomic mass is 16.5. The van der Waals surface area contributed by atoms with Crippen LogP contribution < -0.4 is 44.4 Å². The van der Waals surface area contributed by atoms with E-state index in [1.165, 1.54) is 31.4 Å². The Balaban J connectivity index is 0.000000488. The molecule has 4 N–H and O–H groups in total. The largest absolute Gasteiger partial charge is 0.493 e. The Kier molecular flexibility index (Phi) is 31.0. The number of imide groups is 2. The number of methoxy groups -OCH3 is 5. The lowest BCUT2D eigenvalue weighted by Crippen LogP contribution is -2.54. The van der Waals surface area contributed by atoms with Crippen molar-refractivity contribution in [3.8, 4) is 34.5 Å². The van der Waals surface area contributed by atoms with Gasteiger partial charge in [0.15, 0.2) is 29.6 Å². The molecule has 7 rings (SSSR count). The molecule has 80 heavy (non-hydrogen) atoms. The first-order chi connectivity index (χ1) is 38.8. The maximum atomic E-state index is 13.2. The lowest BCUT2D eigenvalue weighted by Gasteiger charge is -2.29. The average molecular weight is 1110 g/mol. The number of nitrogens with zero attached hydrogens (tertiary/aromatic N) is 2. The van der Waals surface area contributed by atoms with Crippen LogP contribution in [0.1, 0.15) is 135 Å². The minimum atomic E-state index is -0.985. The third-order valence-electron chi connectivity index (χ3n) is 13.5. The van der Waals surface area contributed by atoms with Gasteiger partial charge in [-0.25, -0.2) is 0 Å². The van der Waals surface area contributed by atoms with Crippen molar-refractivity contribution in [2.45, 2.75) is 129 Å². The molecule has 2 saturated heterocycles. The lowest BCUT2D eigenvalue weighted by molar-refractivity contribution is -0.136. The number of carbonyl (C=O) groups excluding carboxylic acids is 6. The van der Waals surface area contributed by atoms with E-state index < -0.39 is 29.7 Å². The van der Waals surface area contributed by atoms with Gasteiger partial charge in [0, 0.05) is 37.7 Å². The first-order valence-corrected chi connectivity index (χ1v) is 27.6. The molecule has 4 aromatic carbocycles. The Morgan fingerprint density at radius 3 is 1.90 bits per heavy atom. The highest BCUT2D eigenvalue weighted by Gasteiger charge is 2.45. The van der Waals surface area contributed by atoms with Gasteiger partial charge in [-0.1, -0.05) is 70.2 Å². The van der Waals surface area contributed by atoms with E-state index in [4.69, 9.17) is 38.3 Å². The summed E-state index contributed by atoms with van der Waals surface area (Å²) in [5.74, 6) is 1.60. The van der Waals surface area contributed by atoms with E-state index in [0.29, 0.717) is 48.2 Å². The molecule has 0 saturated carbocycles. The lowest BCUT2D eigenvalue weighted by atomic mass is 10.0. The van der Waals surface area contributed by atoms with Crippen molar-refractivity contribution in [3.05, 3.63) is 101 Å². The number of aryl methyl sites for hydroxylation is 2. The van der Waals surface area contributed by atoms with Crippen LogP contribution in [0.3, 0.4) is 0 Å². The Morgan fingerprint density at radius 1 is 0.700 bits per heavy atom. The number of amides is 5. The van der Waals surface area contributed by atoms with E-state index in [1.54, 1.807) is 65.9 Å². The molecule has 5 amide bonds. The number of carbonyl (C=O) groups is 7. The monoisotopic (exact) mass is 1110 g/mol. The number of piperidine rings is 2. The summed E-state index contributed by atoms with van der Waals surface area (Å²) in [6, 6.07) is 22.3. The summed E-state index contributed by atoms with van der Waals surface area (Å²) < 4.78 is 31.9. The quantitative estimate of drug-likeness (QED) is 0.0275. The van der Waals surface area contributed by atoms with Gasteiger partial charge in [-0.15, -0.1) is 0 Å². The minimum absolute atomic E-state index is 0.0264. The van der Waals surface area contributed by atoms with Crippen molar-refractivity contribution in [1.29, 1.82) is 0 Å². The molecular weight excluding hydrogens is 1030 g/mol. The van der Waals surface area contributed by atoms with E-state index >= 15 is 0 Å². The van der Waals surface area contributed by atoms with Gasteiger partial charge in [-0.2, -0.15) is 0 Å². The number of rotatable bonds is 25. The third-order valence-corrected chi connectivity index (χ3v) is 13.5. The number of anilines is 1. The van der Waals surface area contributed by atoms with Gasteiger partial charge >= 0.3 is 0 Å². The number of benzene rings is 4. The fourth-order valence-electron chi connectivity index (χ4n) is 9.18. The summed E-state index contributed by atoms with van der Waals surface area (Å²) in [5, 5.41) is 15.3. The van der Waals surface area contributed by atoms with Gasteiger partial charge in [0.25, 0.3) is 24.2 Å². The van der Waals surface area contributed by atoms with Gasteiger partial charge in [0.05, 0.1) is 46.7 Å². The van der Waals surface area contributed by atoms with Crippen molar-refractivity contribution >= 4 is 48.0 Å². The van der Waals surface area contributed by atoms with E-state index in [-0.39, 0.29) is 43.0 Å². The third kappa shape index (κ3) is 21.2. The van der Waals surface area contributed by atoms with Crippen LogP contribution in [0.25, 0.3) is 0 Å². The number of likely N-dealkylation sites (tertiary alicyclic amines) is 1. The molecule has 3 aliphatic rings. The molecule has 2 atom stereocenters. The highest BCUT2D eigenvalue weighted by Crippen LogP contribution is 2.38. The van der Waals surface area contributed by atoms with Crippen molar-refractivity contribution in [1.82, 2.24) is 20.4 Å². The van der Waals surface area contributed by atoms with Gasteiger partial charge in [-0.05, 0) is 137 Å². The van der Waals surface area contributed by atoms with Gasteiger partial charge in [0.2, 0.25) is 17.6 Å². The van der Waals surface area contributed by atoms with E-state index in [2.05, 4.69) is 47.0 Å². The molecule has 4 aromatic rings. The van der Waals surface area contributed by atoms with Crippen LogP contribution in [0.4, 0.5) is 5.69 Å². The molecule has 0 aliphatic carbocycles. The first-order valence-electron chi connectivity index (χ1n) is 27.6. The van der Waals surface area contributed by atoms with Crippen molar-refractivity contribution < 1.29 is 67.1 Å². The first kappa shape index (κ1) is 66.6. The van der Waals surface area contributed by atoms with Crippen molar-refractivity contribution in [3.63, 3.8) is 0 Å². The normalized spacial score (nSPS) is 15.2. The Morgan fingerprint density at radius 2 is 1.31 bits per heavy atom. The number of hydrogen-bond donors (Lipinski definition) is 4. The van der Waals surface area contributed by atoms with E-state index in [1.807, 2.05) is 44.2 Å². The number of ether oxygens (including phenoxy) is 6. The van der Waals surface area contributed by atoms with Crippen molar-refractivity contribution in [2.24, 2.45) is 0 Å². The maximum Gasteiger partial charge on any atom is 0.290 e. The number of unbranched alkanes of at least 4 members (excludes halogenated alkanes) is 5. The van der Waals surface area contributed by atoms with Crippen LogP contribution in [0.15, 0.2) is 72.8 Å². The standard InChI is InChI=1S/C40H48N4O8.C11H14O4.C7H15N.C2H6.CH2O2/c1-50-33-20-18-28(25-34(33)51-2)13-9-12-27-14-10-15-29(24-27)52-26-36(46)42-23-8-6-4-3-5-7-22-41-31-17-11-16-30-37(31)40(49)44(39(30)48)32-19-21-35(45)43-38(32)47;1-13-9-6-8(4-5-12)7-10(14-2)11(9)15-3;1-7-5-3-4-6-8(7)2;1-2;2-1-3/h10-11,14-18,20,24-25,32,41H,3-9,12-13,19,21-23,26H2,1-2H3,(H,42,46)(H,43,45,47);5-7H,4H2,1-3H3;7H,3-6H2,1-2H3;1-2H3;1H,(H,2,3). The number of aldehydes is 1. The SMILES string of the molecule is CC.CC1CCCCN1C.COc1cc(CC=O)cc(OC)c1OC.COc1ccc(CCCc2cccc(OCC(=O)NCCCCCCCCNc3cccc4c3C(=O)N(C3CCC(=O)NC3=O)C4=O)c2)cc1OC.O=CO. The molecule has 2 unspecified atom stereocenters. The molecule has 438 valence electrons. The Hall–Kier alpha value is -7.67. The zero-order chi connectivity index (χ0) is 58.8. The van der Waals surface area contributed by atoms with Crippen LogP contribution in [-0.2, 0) is 43.2 Å². The zero-order valence-electron chi connectivity index (χ0n) is 48.3.